The summed E-state index contributed by atoms with van der Waals surface area (Å²) in [4.78, 5) is 22.3. The lowest BCUT2D eigenvalue weighted by Crippen LogP contribution is -2.36. The van der Waals surface area contributed by atoms with Crippen molar-refractivity contribution in [3.8, 4) is 5.88 Å². The Balaban J connectivity index is 1.43. The van der Waals surface area contributed by atoms with Crippen molar-refractivity contribution in [2.75, 3.05) is 11.9 Å². The number of nitrogens with one attached hydrogen (secondary N) is 1. The maximum Gasteiger partial charge on any atom is 0.248 e. The summed E-state index contributed by atoms with van der Waals surface area (Å²) in [6.45, 7) is 10.9. The van der Waals surface area contributed by atoms with Crippen LogP contribution in [-0.4, -0.2) is 56.2 Å². The lowest BCUT2D eigenvalue weighted by Gasteiger charge is -2.28. The van der Waals surface area contributed by atoms with Gasteiger partial charge in [-0.25, -0.2) is 18.1 Å². The Morgan fingerprint density at radius 1 is 1.09 bits per heavy atom. The molecule has 1 amide bonds. The van der Waals surface area contributed by atoms with Crippen LogP contribution >= 0.6 is 0 Å². The predicted molar refractivity (Wildman–Crippen MR) is 180 cm³/mol. The molecule has 1 aliphatic rings. The summed E-state index contributed by atoms with van der Waals surface area (Å²) in [6.07, 6.45) is 5.09. The Morgan fingerprint density at radius 2 is 1.89 bits per heavy atom. The van der Waals surface area contributed by atoms with Crippen molar-refractivity contribution in [3.05, 3.63) is 101 Å². The number of carbonyl (C=O) groups is 1. The van der Waals surface area contributed by atoms with Crippen molar-refractivity contribution in [3.63, 3.8) is 0 Å². The molecule has 3 aromatic heterocycles. The van der Waals surface area contributed by atoms with Gasteiger partial charge in [0.15, 0.2) is 0 Å². The van der Waals surface area contributed by atoms with E-state index in [0.717, 1.165) is 38.9 Å². The molecule has 4 heterocycles. The average Bonchev–Trinajstić information content (AvgIpc) is 3.46. The van der Waals surface area contributed by atoms with Crippen LogP contribution < -0.4 is 10.1 Å². The van der Waals surface area contributed by atoms with Gasteiger partial charge in [-0.2, -0.15) is 4.31 Å². The van der Waals surface area contributed by atoms with Gasteiger partial charge in [0.2, 0.25) is 21.8 Å². The SMILES string of the molecule is CC[C@@H]1CN(Cc2cc([C@@H](c3ccc4c(nnn4CC)c3C)[C@@H](C)C(=O)Nc3cccnc3)ccc2C)S(=O)(=O)c2cccnc2O1. The molecule has 0 spiro atoms. The smallest absolute Gasteiger partial charge is 0.248 e. The van der Waals surface area contributed by atoms with Gasteiger partial charge in [0.05, 0.1) is 23.9 Å². The van der Waals surface area contributed by atoms with Gasteiger partial charge in [-0.15, -0.1) is 5.10 Å². The fraction of sp³-hybridized carbons (Fsp3) is 0.343. The van der Waals surface area contributed by atoms with E-state index in [0.29, 0.717) is 18.7 Å². The van der Waals surface area contributed by atoms with E-state index in [1.165, 1.54) is 16.6 Å². The highest BCUT2D eigenvalue weighted by Crippen LogP contribution is 2.38. The van der Waals surface area contributed by atoms with Crippen LogP contribution in [-0.2, 0) is 27.9 Å². The first-order valence-corrected chi connectivity index (χ1v) is 17.3. The number of aryl methyl sites for hydroxylation is 3. The van der Waals surface area contributed by atoms with E-state index in [1.807, 2.05) is 63.6 Å². The first kappa shape index (κ1) is 32.3. The second kappa shape index (κ2) is 13.2. The maximum absolute atomic E-state index is 13.9. The number of benzene rings is 2. The van der Waals surface area contributed by atoms with Crippen LogP contribution in [0.2, 0.25) is 0 Å². The van der Waals surface area contributed by atoms with Crippen molar-refractivity contribution in [1.82, 2.24) is 29.3 Å². The fourth-order valence-corrected chi connectivity index (χ4v) is 7.78. The minimum Gasteiger partial charge on any atom is -0.472 e. The molecule has 6 rings (SSSR count). The molecule has 0 saturated heterocycles. The quantitative estimate of drug-likeness (QED) is 0.217. The molecular weight excluding hydrogens is 614 g/mol. The van der Waals surface area contributed by atoms with E-state index in [2.05, 4.69) is 31.7 Å². The first-order valence-electron chi connectivity index (χ1n) is 15.9. The number of hydrogen-bond donors (Lipinski definition) is 1. The number of sulfonamides is 1. The van der Waals surface area contributed by atoms with Crippen molar-refractivity contribution >= 4 is 32.7 Å². The van der Waals surface area contributed by atoms with Crippen LogP contribution in [0.3, 0.4) is 0 Å². The first-order chi connectivity index (χ1) is 22.6. The van der Waals surface area contributed by atoms with Crippen molar-refractivity contribution in [1.29, 1.82) is 0 Å². The zero-order chi connectivity index (χ0) is 33.3. The van der Waals surface area contributed by atoms with Crippen LogP contribution in [0.1, 0.15) is 60.9 Å². The lowest BCUT2D eigenvalue weighted by molar-refractivity contribution is -0.119. The third kappa shape index (κ3) is 6.22. The largest absolute Gasteiger partial charge is 0.472 e. The van der Waals surface area contributed by atoms with Crippen LogP contribution in [0, 0.1) is 19.8 Å². The third-order valence-electron chi connectivity index (χ3n) is 9.03. The second-order valence-corrected chi connectivity index (χ2v) is 13.9. The molecule has 2 aromatic carbocycles. The molecule has 0 bridgehead atoms. The van der Waals surface area contributed by atoms with Gasteiger partial charge in [0.1, 0.15) is 16.5 Å². The summed E-state index contributed by atoms with van der Waals surface area (Å²) in [5.41, 5.74) is 6.89. The number of amides is 1. The summed E-state index contributed by atoms with van der Waals surface area (Å²) in [6, 6.07) is 16.9. The van der Waals surface area contributed by atoms with Crippen molar-refractivity contribution in [2.24, 2.45) is 5.92 Å². The van der Waals surface area contributed by atoms with Crippen LogP contribution in [0.15, 0.2) is 78.1 Å². The van der Waals surface area contributed by atoms with Gasteiger partial charge in [0.25, 0.3) is 0 Å². The molecular formula is C35H39N7O4S. The Morgan fingerprint density at radius 3 is 2.64 bits per heavy atom. The highest BCUT2D eigenvalue weighted by Gasteiger charge is 2.36. The van der Waals surface area contributed by atoms with E-state index < -0.39 is 15.9 Å². The van der Waals surface area contributed by atoms with E-state index in [9.17, 15) is 13.2 Å². The van der Waals surface area contributed by atoms with E-state index in [4.69, 9.17) is 4.74 Å². The number of ether oxygens (including phenoxy) is 1. The molecule has 11 nitrogen and oxygen atoms in total. The Bertz CT molecular complexity index is 2030. The normalized spacial score (nSPS) is 17.3. The molecule has 5 aromatic rings. The lowest BCUT2D eigenvalue weighted by atomic mass is 9.78. The number of nitrogens with zero attached hydrogens (tertiary/aromatic N) is 6. The zero-order valence-corrected chi connectivity index (χ0v) is 28.0. The van der Waals surface area contributed by atoms with E-state index in [1.54, 1.807) is 30.6 Å². The summed E-state index contributed by atoms with van der Waals surface area (Å²) < 4.78 is 37.2. The number of aromatic nitrogens is 5. The molecule has 0 aliphatic carbocycles. The number of carbonyl (C=O) groups excluding carboxylic acids is 1. The number of fused-ring (bicyclic) bond motifs is 2. The predicted octanol–water partition coefficient (Wildman–Crippen LogP) is 5.63. The number of hydrogen-bond acceptors (Lipinski definition) is 8. The summed E-state index contributed by atoms with van der Waals surface area (Å²) in [7, 11) is -3.90. The topological polar surface area (TPSA) is 132 Å². The van der Waals surface area contributed by atoms with Gasteiger partial charge in [-0.05, 0) is 85.3 Å². The van der Waals surface area contributed by atoms with Crippen molar-refractivity contribution in [2.45, 2.75) is 71.0 Å². The van der Waals surface area contributed by atoms with Gasteiger partial charge >= 0.3 is 0 Å². The molecule has 0 saturated carbocycles. The highest BCUT2D eigenvalue weighted by molar-refractivity contribution is 7.89. The minimum absolute atomic E-state index is 0.0624. The second-order valence-electron chi connectivity index (χ2n) is 12.0. The number of rotatable bonds is 9. The van der Waals surface area contributed by atoms with Crippen LogP contribution in [0.25, 0.3) is 11.0 Å². The standard InChI is InChI=1S/C35H39N7O4S/c1-6-28-21-41(47(44,45)31-11-9-17-37-35(31)46-28)20-26-18-25(13-12-22(26)3)32(24(5)34(43)38-27-10-8-16-36-19-27)29-14-15-30-33(23(29)4)39-40-42(30)7-2/h8-19,24,28,32H,6-7,20-21H2,1-5H3,(H,38,43)/t24-,28-,32+/m1/s1. The molecule has 3 atom stereocenters. The molecule has 47 heavy (non-hydrogen) atoms. The molecule has 0 unspecified atom stereocenters. The number of pyridine rings is 2. The summed E-state index contributed by atoms with van der Waals surface area (Å²) in [5, 5.41) is 11.8. The molecule has 12 heteroatoms. The van der Waals surface area contributed by atoms with Gasteiger partial charge in [-0.3, -0.25) is 9.78 Å². The maximum atomic E-state index is 13.9. The monoisotopic (exact) mass is 653 g/mol. The summed E-state index contributed by atoms with van der Waals surface area (Å²) >= 11 is 0. The van der Waals surface area contributed by atoms with Gasteiger partial charge < -0.3 is 10.1 Å². The Labute approximate surface area is 275 Å². The average molecular weight is 654 g/mol. The molecule has 0 radical (unpaired) electrons. The zero-order valence-electron chi connectivity index (χ0n) is 27.2. The van der Waals surface area contributed by atoms with Crippen LogP contribution in [0.5, 0.6) is 5.88 Å². The molecule has 1 N–H and O–H groups in total. The molecule has 1 aliphatic heterocycles. The highest BCUT2D eigenvalue weighted by atomic mass is 32.2. The summed E-state index contributed by atoms with van der Waals surface area (Å²) in [5.74, 6) is -0.920. The molecule has 0 fully saturated rings. The number of anilines is 1. The van der Waals surface area contributed by atoms with Gasteiger partial charge in [0, 0.05) is 37.3 Å². The fourth-order valence-electron chi connectivity index (χ4n) is 6.26. The molecule has 244 valence electrons. The van der Waals surface area contributed by atoms with E-state index in [-0.39, 0.29) is 41.8 Å². The Kier molecular flexibility index (Phi) is 9.07. The third-order valence-corrected chi connectivity index (χ3v) is 10.9. The van der Waals surface area contributed by atoms with Crippen molar-refractivity contribution < 1.29 is 17.9 Å². The Hall–Kier alpha value is -4.68. The van der Waals surface area contributed by atoms with Gasteiger partial charge in [-0.1, -0.05) is 43.3 Å². The van der Waals surface area contributed by atoms with Crippen LogP contribution in [0.4, 0.5) is 5.69 Å². The minimum atomic E-state index is -3.90. The van der Waals surface area contributed by atoms with E-state index >= 15 is 0 Å².